The predicted octanol–water partition coefficient (Wildman–Crippen LogP) is 1.52. The number of benzene rings is 1. The first-order valence-electron chi connectivity index (χ1n) is 9.03. The molecule has 0 spiro atoms. The van der Waals surface area contributed by atoms with Crippen molar-refractivity contribution in [1.29, 1.82) is 0 Å². The molecule has 1 saturated carbocycles. The zero-order chi connectivity index (χ0) is 17.6. The molecule has 0 atom stereocenters. The lowest BCUT2D eigenvalue weighted by molar-refractivity contribution is 0.0689. The van der Waals surface area contributed by atoms with Gasteiger partial charge in [-0.3, -0.25) is 19.3 Å². The number of carbonyl (C=O) groups is 3. The number of amides is 3. The van der Waals surface area contributed by atoms with Crippen molar-refractivity contribution in [3.63, 3.8) is 0 Å². The van der Waals surface area contributed by atoms with Crippen LogP contribution >= 0.6 is 0 Å². The number of nitrogens with one attached hydrogen (secondary N) is 1. The van der Waals surface area contributed by atoms with Crippen LogP contribution in [0.25, 0.3) is 0 Å². The van der Waals surface area contributed by atoms with Crippen LogP contribution in [0.2, 0.25) is 0 Å². The fraction of sp³-hybridized carbons (Fsp3) is 0.526. The molecule has 3 aliphatic rings. The van der Waals surface area contributed by atoms with Crippen molar-refractivity contribution in [1.82, 2.24) is 15.1 Å². The van der Waals surface area contributed by atoms with E-state index >= 15 is 0 Å². The van der Waals surface area contributed by atoms with Gasteiger partial charge in [0.25, 0.3) is 17.7 Å². The Morgan fingerprint density at radius 3 is 2.44 bits per heavy atom. The molecule has 1 aromatic rings. The lowest BCUT2D eigenvalue weighted by atomic mass is 10.0. The van der Waals surface area contributed by atoms with Gasteiger partial charge >= 0.3 is 0 Å². The van der Waals surface area contributed by atoms with Crippen molar-refractivity contribution in [3.05, 3.63) is 34.9 Å². The maximum Gasteiger partial charge on any atom is 0.261 e. The van der Waals surface area contributed by atoms with Gasteiger partial charge in [0.2, 0.25) is 0 Å². The number of carbonyl (C=O) groups excluding carboxylic acids is 3. The van der Waals surface area contributed by atoms with Gasteiger partial charge < -0.3 is 10.2 Å². The van der Waals surface area contributed by atoms with Gasteiger partial charge in [-0.1, -0.05) is 0 Å². The first-order chi connectivity index (χ1) is 12.0. The van der Waals surface area contributed by atoms with Crippen LogP contribution in [0.5, 0.6) is 0 Å². The van der Waals surface area contributed by atoms with E-state index in [9.17, 15) is 14.4 Å². The first-order valence-corrected chi connectivity index (χ1v) is 9.03. The molecule has 1 aromatic carbocycles. The van der Waals surface area contributed by atoms with Gasteiger partial charge in [0, 0.05) is 31.7 Å². The summed E-state index contributed by atoms with van der Waals surface area (Å²) in [5, 5.41) is 3.61. The van der Waals surface area contributed by atoms with Crippen molar-refractivity contribution in [2.75, 3.05) is 26.7 Å². The Hall–Kier alpha value is -2.21. The summed E-state index contributed by atoms with van der Waals surface area (Å²) in [6.45, 7) is 2.56. The van der Waals surface area contributed by atoms with Crippen LogP contribution in [0.3, 0.4) is 0 Å². The maximum absolute atomic E-state index is 12.7. The molecule has 1 saturated heterocycles. The Morgan fingerprint density at radius 1 is 1.08 bits per heavy atom. The average molecular weight is 341 g/mol. The summed E-state index contributed by atoms with van der Waals surface area (Å²) >= 11 is 0. The first kappa shape index (κ1) is 16.3. The largest absolute Gasteiger partial charge is 0.339 e. The van der Waals surface area contributed by atoms with Gasteiger partial charge in [-0.05, 0) is 56.3 Å². The fourth-order valence-corrected chi connectivity index (χ4v) is 3.62. The topological polar surface area (TPSA) is 69.7 Å². The van der Waals surface area contributed by atoms with Crippen molar-refractivity contribution < 1.29 is 14.4 Å². The highest BCUT2D eigenvalue weighted by Gasteiger charge is 2.34. The second-order valence-corrected chi connectivity index (χ2v) is 7.35. The number of hydrogen-bond donors (Lipinski definition) is 1. The summed E-state index contributed by atoms with van der Waals surface area (Å²) in [6.07, 6.45) is 4.62. The van der Waals surface area contributed by atoms with Crippen LogP contribution in [0.15, 0.2) is 18.2 Å². The summed E-state index contributed by atoms with van der Waals surface area (Å²) in [4.78, 5) is 39.7. The molecule has 0 bridgehead atoms. The SMILES string of the molecule is CN1C(=O)c2ccc(C(=O)N3CCC(NCC4CC4)CC3)cc2C1=O. The van der Waals surface area contributed by atoms with Crippen LogP contribution < -0.4 is 5.32 Å². The van der Waals surface area contributed by atoms with Gasteiger partial charge in [-0.25, -0.2) is 0 Å². The van der Waals surface area contributed by atoms with E-state index in [1.807, 2.05) is 4.90 Å². The quantitative estimate of drug-likeness (QED) is 0.843. The van der Waals surface area contributed by atoms with E-state index in [-0.39, 0.29) is 17.7 Å². The molecule has 25 heavy (non-hydrogen) atoms. The summed E-state index contributed by atoms with van der Waals surface area (Å²) in [7, 11) is 1.46. The van der Waals surface area contributed by atoms with E-state index in [2.05, 4.69) is 5.32 Å². The predicted molar refractivity (Wildman–Crippen MR) is 92.5 cm³/mol. The van der Waals surface area contributed by atoms with Gasteiger partial charge in [-0.15, -0.1) is 0 Å². The maximum atomic E-state index is 12.7. The van der Waals surface area contributed by atoms with Gasteiger partial charge in [-0.2, -0.15) is 0 Å². The highest BCUT2D eigenvalue weighted by atomic mass is 16.2. The standard InChI is InChI=1S/C19H23N3O3/c1-21-18(24)15-5-4-13(10-16(15)19(21)25)17(23)22-8-6-14(7-9-22)20-11-12-2-3-12/h4-5,10,12,14,20H,2-3,6-9,11H2,1H3. The third-order valence-electron chi connectivity index (χ3n) is 5.51. The van der Waals surface area contributed by atoms with Crippen molar-refractivity contribution >= 4 is 17.7 Å². The van der Waals surface area contributed by atoms with E-state index in [1.165, 1.54) is 19.9 Å². The second-order valence-electron chi connectivity index (χ2n) is 7.35. The number of fused-ring (bicyclic) bond motifs is 1. The minimum absolute atomic E-state index is 0.0572. The Balaban J connectivity index is 1.40. The average Bonchev–Trinajstić information content (AvgIpc) is 3.45. The molecule has 4 rings (SSSR count). The smallest absolute Gasteiger partial charge is 0.261 e. The number of rotatable bonds is 4. The number of piperidine rings is 1. The summed E-state index contributed by atoms with van der Waals surface area (Å²) in [5.74, 6) is 0.168. The lowest BCUT2D eigenvalue weighted by Crippen LogP contribution is -2.45. The third kappa shape index (κ3) is 3.06. The molecule has 2 heterocycles. The van der Waals surface area contributed by atoms with Crippen LogP contribution in [-0.2, 0) is 0 Å². The van der Waals surface area contributed by atoms with Crippen LogP contribution in [-0.4, -0.2) is 60.2 Å². The van der Waals surface area contributed by atoms with Crippen LogP contribution in [0, 0.1) is 5.92 Å². The van der Waals surface area contributed by atoms with Crippen molar-refractivity contribution in [3.8, 4) is 0 Å². The highest BCUT2D eigenvalue weighted by molar-refractivity contribution is 6.21. The number of hydrogen-bond acceptors (Lipinski definition) is 4. The Morgan fingerprint density at radius 2 is 1.76 bits per heavy atom. The minimum Gasteiger partial charge on any atom is -0.339 e. The molecule has 0 unspecified atom stereocenters. The Labute approximate surface area is 147 Å². The number of nitrogens with zero attached hydrogens (tertiary/aromatic N) is 2. The minimum atomic E-state index is -0.336. The molecule has 6 heteroatoms. The molecule has 3 amide bonds. The third-order valence-corrected chi connectivity index (χ3v) is 5.51. The van der Waals surface area contributed by atoms with Gasteiger partial charge in [0.15, 0.2) is 0 Å². The van der Waals surface area contributed by atoms with E-state index in [0.717, 1.165) is 43.3 Å². The molecule has 2 aliphatic heterocycles. The summed E-state index contributed by atoms with van der Waals surface area (Å²) in [6, 6.07) is 5.32. The Bertz CT molecular complexity index is 733. The molecule has 0 radical (unpaired) electrons. The van der Waals surface area contributed by atoms with Crippen molar-refractivity contribution in [2.24, 2.45) is 5.92 Å². The molecule has 6 nitrogen and oxygen atoms in total. The monoisotopic (exact) mass is 341 g/mol. The molecule has 0 aromatic heterocycles. The van der Waals surface area contributed by atoms with Gasteiger partial charge in [0.1, 0.15) is 0 Å². The zero-order valence-electron chi connectivity index (χ0n) is 14.5. The van der Waals surface area contributed by atoms with Crippen LogP contribution in [0.4, 0.5) is 0 Å². The highest BCUT2D eigenvalue weighted by Crippen LogP contribution is 2.28. The zero-order valence-corrected chi connectivity index (χ0v) is 14.5. The molecule has 1 N–H and O–H groups in total. The summed E-state index contributed by atoms with van der Waals surface area (Å²) in [5.41, 5.74) is 1.20. The van der Waals surface area contributed by atoms with E-state index in [4.69, 9.17) is 0 Å². The van der Waals surface area contributed by atoms with E-state index in [1.54, 1.807) is 18.2 Å². The van der Waals surface area contributed by atoms with Crippen molar-refractivity contribution in [2.45, 2.75) is 31.7 Å². The normalized spacial score (nSPS) is 21.0. The Kier molecular flexibility index (Phi) is 4.07. The number of imide groups is 1. The second kappa shape index (κ2) is 6.26. The molecule has 2 fully saturated rings. The summed E-state index contributed by atoms with van der Waals surface area (Å²) < 4.78 is 0. The van der Waals surface area contributed by atoms with E-state index in [0.29, 0.717) is 22.7 Å². The fourth-order valence-electron chi connectivity index (χ4n) is 3.62. The number of likely N-dealkylation sites (tertiary alicyclic amines) is 1. The lowest BCUT2D eigenvalue weighted by Gasteiger charge is -2.32. The molecule has 1 aliphatic carbocycles. The molecule has 132 valence electrons. The molecular formula is C19H23N3O3. The van der Waals surface area contributed by atoms with Gasteiger partial charge in [0.05, 0.1) is 11.1 Å². The van der Waals surface area contributed by atoms with E-state index < -0.39 is 0 Å². The molecular weight excluding hydrogens is 318 g/mol. The van der Waals surface area contributed by atoms with Crippen LogP contribution in [0.1, 0.15) is 56.8 Å².